The second-order valence-corrected chi connectivity index (χ2v) is 4.14. The molecule has 2 nitrogen and oxygen atoms in total. The molecule has 1 aliphatic rings. The number of likely N-dealkylation sites (N-methyl/N-ethyl adjacent to an activating group) is 1. The van der Waals surface area contributed by atoms with Crippen LogP contribution in [0.5, 0.6) is 0 Å². The molecule has 2 rings (SSSR count). The molecule has 1 N–H and O–H groups in total. The maximum atomic E-state index is 3.44. The average molecular weight is 190 g/mol. The van der Waals surface area contributed by atoms with Crippen LogP contribution in [0.25, 0.3) is 0 Å². The summed E-state index contributed by atoms with van der Waals surface area (Å²) in [4.78, 5) is 2.28. The van der Waals surface area contributed by atoms with Crippen LogP contribution in [0.15, 0.2) is 18.2 Å². The van der Waals surface area contributed by atoms with Crippen molar-refractivity contribution < 1.29 is 0 Å². The van der Waals surface area contributed by atoms with E-state index in [0.717, 1.165) is 13.0 Å². The molecule has 2 heteroatoms. The van der Waals surface area contributed by atoms with E-state index in [1.165, 1.54) is 16.8 Å². The zero-order valence-electron chi connectivity index (χ0n) is 9.17. The third kappa shape index (κ3) is 1.50. The van der Waals surface area contributed by atoms with Crippen molar-refractivity contribution in [2.45, 2.75) is 19.4 Å². The minimum absolute atomic E-state index is 0.538. The van der Waals surface area contributed by atoms with E-state index in [0.29, 0.717) is 6.04 Å². The van der Waals surface area contributed by atoms with E-state index in [1.54, 1.807) is 0 Å². The van der Waals surface area contributed by atoms with Gasteiger partial charge < -0.3 is 10.2 Å². The minimum atomic E-state index is 0.538. The Bertz CT molecular complexity index is 331. The molecule has 0 radical (unpaired) electrons. The maximum Gasteiger partial charge on any atom is 0.0536 e. The van der Waals surface area contributed by atoms with Gasteiger partial charge in [0.05, 0.1) is 6.04 Å². The van der Waals surface area contributed by atoms with E-state index < -0.39 is 0 Å². The molecular formula is C12H18N2. The molecule has 0 aliphatic carbocycles. The van der Waals surface area contributed by atoms with E-state index in [1.807, 2.05) is 0 Å². The third-order valence-electron chi connectivity index (χ3n) is 2.99. The topological polar surface area (TPSA) is 15.3 Å². The highest BCUT2D eigenvalue weighted by molar-refractivity contribution is 5.58. The largest absolute Gasteiger partial charge is 0.383 e. The molecule has 0 saturated carbocycles. The first-order valence-electron chi connectivity index (χ1n) is 5.25. The molecule has 0 saturated heterocycles. The van der Waals surface area contributed by atoms with Crippen molar-refractivity contribution in [2.75, 3.05) is 26.0 Å². The van der Waals surface area contributed by atoms with Gasteiger partial charge in [-0.25, -0.2) is 0 Å². The van der Waals surface area contributed by atoms with Crippen molar-refractivity contribution in [3.8, 4) is 0 Å². The zero-order valence-corrected chi connectivity index (χ0v) is 9.17. The Hall–Kier alpha value is -1.02. The van der Waals surface area contributed by atoms with Gasteiger partial charge in [-0.1, -0.05) is 19.1 Å². The maximum absolute atomic E-state index is 3.44. The van der Waals surface area contributed by atoms with Crippen LogP contribution in [0, 0.1) is 0 Å². The number of fused-ring (bicyclic) bond motifs is 1. The molecule has 76 valence electrons. The lowest BCUT2D eigenvalue weighted by molar-refractivity contribution is 0.321. The third-order valence-corrected chi connectivity index (χ3v) is 2.99. The summed E-state index contributed by atoms with van der Waals surface area (Å²) in [5, 5.41) is 3.44. The lowest BCUT2D eigenvalue weighted by Crippen LogP contribution is -2.21. The number of nitrogens with one attached hydrogen (secondary N) is 1. The number of rotatable bonds is 2. The summed E-state index contributed by atoms with van der Waals surface area (Å²) in [6.45, 7) is 3.24. The Kier molecular flexibility index (Phi) is 2.46. The molecule has 14 heavy (non-hydrogen) atoms. The molecule has 1 heterocycles. The number of hydrogen-bond acceptors (Lipinski definition) is 2. The molecule has 0 fully saturated rings. The normalized spacial score (nSPS) is 19.6. The van der Waals surface area contributed by atoms with Gasteiger partial charge in [0.1, 0.15) is 0 Å². The highest BCUT2D eigenvalue weighted by Crippen LogP contribution is 2.33. The van der Waals surface area contributed by atoms with E-state index in [-0.39, 0.29) is 0 Å². The highest BCUT2D eigenvalue weighted by atomic mass is 15.1. The van der Waals surface area contributed by atoms with Gasteiger partial charge in [0.25, 0.3) is 0 Å². The standard InChI is InChI=1S/C12H18N2/c1-4-9-5-6-11-10(7-9)12(8-13-11)14(2)3/h5-7,12-13H,4,8H2,1-3H3. The molecule has 0 amide bonds. The Morgan fingerprint density at radius 1 is 1.43 bits per heavy atom. The van der Waals surface area contributed by atoms with Crippen LogP contribution in [-0.4, -0.2) is 25.5 Å². The number of anilines is 1. The predicted octanol–water partition coefficient (Wildman–Crippen LogP) is 2.28. The molecule has 1 aliphatic heterocycles. The average Bonchev–Trinajstić information content (AvgIpc) is 2.59. The van der Waals surface area contributed by atoms with Crippen molar-refractivity contribution in [1.82, 2.24) is 4.90 Å². The van der Waals surface area contributed by atoms with Gasteiger partial charge in [-0.2, -0.15) is 0 Å². The first-order chi connectivity index (χ1) is 6.72. The molecular weight excluding hydrogens is 172 g/mol. The van der Waals surface area contributed by atoms with Gasteiger partial charge in [-0.3, -0.25) is 0 Å². The molecule has 1 unspecified atom stereocenters. The number of benzene rings is 1. The summed E-state index contributed by atoms with van der Waals surface area (Å²) in [5.41, 5.74) is 4.19. The lowest BCUT2D eigenvalue weighted by atomic mass is 10.0. The van der Waals surface area contributed by atoms with Crippen LogP contribution in [0.4, 0.5) is 5.69 Å². The quantitative estimate of drug-likeness (QED) is 0.769. The first-order valence-corrected chi connectivity index (χ1v) is 5.25. The zero-order chi connectivity index (χ0) is 10.1. The predicted molar refractivity (Wildman–Crippen MR) is 60.7 cm³/mol. The lowest BCUT2D eigenvalue weighted by Gasteiger charge is -2.19. The molecule has 0 bridgehead atoms. The van der Waals surface area contributed by atoms with Gasteiger partial charge in [-0.05, 0) is 37.7 Å². The number of nitrogens with zero attached hydrogens (tertiary/aromatic N) is 1. The van der Waals surface area contributed by atoms with Crippen LogP contribution < -0.4 is 5.32 Å². The highest BCUT2D eigenvalue weighted by Gasteiger charge is 2.23. The van der Waals surface area contributed by atoms with E-state index in [4.69, 9.17) is 0 Å². The van der Waals surface area contributed by atoms with Crippen LogP contribution in [-0.2, 0) is 6.42 Å². The number of aryl methyl sites for hydroxylation is 1. The molecule has 0 aromatic heterocycles. The summed E-state index contributed by atoms with van der Waals surface area (Å²) in [6.07, 6.45) is 1.12. The molecule has 0 spiro atoms. The van der Waals surface area contributed by atoms with Crippen molar-refractivity contribution in [1.29, 1.82) is 0 Å². The molecule has 1 aromatic carbocycles. The summed E-state index contributed by atoms with van der Waals surface area (Å²) >= 11 is 0. The van der Waals surface area contributed by atoms with Gasteiger partial charge in [0.15, 0.2) is 0 Å². The number of hydrogen-bond donors (Lipinski definition) is 1. The van der Waals surface area contributed by atoms with E-state index in [2.05, 4.69) is 49.4 Å². The summed E-state index contributed by atoms with van der Waals surface area (Å²) in [7, 11) is 4.28. The van der Waals surface area contributed by atoms with Gasteiger partial charge >= 0.3 is 0 Å². The molecule has 1 aromatic rings. The Morgan fingerprint density at radius 2 is 2.21 bits per heavy atom. The minimum Gasteiger partial charge on any atom is -0.383 e. The second-order valence-electron chi connectivity index (χ2n) is 4.14. The van der Waals surface area contributed by atoms with Crippen molar-refractivity contribution in [3.63, 3.8) is 0 Å². The fraction of sp³-hybridized carbons (Fsp3) is 0.500. The van der Waals surface area contributed by atoms with Crippen LogP contribution in [0.3, 0.4) is 0 Å². The van der Waals surface area contributed by atoms with Gasteiger partial charge in [0.2, 0.25) is 0 Å². The van der Waals surface area contributed by atoms with E-state index >= 15 is 0 Å². The van der Waals surface area contributed by atoms with Crippen molar-refractivity contribution in [3.05, 3.63) is 29.3 Å². The van der Waals surface area contributed by atoms with Gasteiger partial charge in [-0.15, -0.1) is 0 Å². The second kappa shape index (κ2) is 3.62. The van der Waals surface area contributed by atoms with Crippen LogP contribution in [0.1, 0.15) is 24.1 Å². The van der Waals surface area contributed by atoms with Crippen LogP contribution in [0.2, 0.25) is 0 Å². The SMILES string of the molecule is CCc1ccc2c(c1)C(N(C)C)CN2. The fourth-order valence-electron chi connectivity index (χ4n) is 2.05. The Labute approximate surface area is 85.9 Å². The van der Waals surface area contributed by atoms with Crippen molar-refractivity contribution >= 4 is 5.69 Å². The summed E-state index contributed by atoms with van der Waals surface area (Å²) < 4.78 is 0. The van der Waals surface area contributed by atoms with Crippen molar-refractivity contribution in [2.24, 2.45) is 0 Å². The van der Waals surface area contributed by atoms with Gasteiger partial charge in [0, 0.05) is 12.2 Å². The Morgan fingerprint density at radius 3 is 2.86 bits per heavy atom. The monoisotopic (exact) mass is 190 g/mol. The smallest absolute Gasteiger partial charge is 0.0536 e. The summed E-state index contributed by atoms with van der Waals surface area (Å²) in [6, 6.07) is 7.29. The fourth-order valence-corrected chi connectivity index (χ4v) is 2.05. The van der Waals surface area contributed by atoms with Crippen LogP contribution >= 0.6 is 0 Å². The first kappa shape index (κ1) is 9.53. The molecule has 1 atom stereocenters. The Balaban J connectivity index is 2.37. The van der Waals surface area contributed by atoms with E-state index in [9.17, 15) is 0 Å². The summed E-state index contributed by atoms with van der Waals surface area (Å²) in [5.74, 6) is 0.